The number of anilines is 1. The van der Waals surface area contributed by atoms with Crippen molar-refractivity contribution in [1.29, 1.82) is 0 Å². The number of nitrogens with one attached hydrogen (secondary N) is 1. The molecule has 1 amide bonds. The molecule has 1 aliphatic heterocycles. The second-order valence-electron chi connectivity index (χ2n) is 4.82. The first-order chi connectivity index (χ1) is 8.06. The molecule has 0 unspecified atom stereocenters. The SMILES string of the molecule is CC(C)c1ccc(N2CC(=O)N[C@H](C)C2)nn1. The summed E-state index contributed by atoms with van der Waals surface area (Å²) in [6, 6.07) is 4.07. The van der Waals surface area contributed by atoms with Gasteiger partial charge in [-0.1, -0.05) is 13.8 Å². The molecule has 0 aromatic carbocycles. The Bertz CT molecular complexity index is 401. The van der Waals surface area contributed by atoms with Gasteiger partial charge in [0.05, 0.1) is 12.2 Å². The zero-order valence-electron chi connectivity index (χ0n) is 10.5. The zero-order valence-corrected chi connectivity index (χ0v) is 10.5. The summed E-state index contributed by atoms with van der Waals surface area (Å²) in [4.78, 5) is 13.4. The van der Waals surface area contributed by atoms with E-state index in [1.807, 2.05) is 24.0 Å². The third kappa shape index (κ3) is 2.72. The number of nitrogens with zero attached hydrogens (tertiary/aromatic N) is 3. The fourth-order valence-electron chi connectivity index (χ4n) is 1.92. The molecule has 0 aliphatic carbocycles. The number of hydrogen-bond donors (Lipinski definition) is 1. The number of amides is 1. The van der Waals surface area contributed by atoms with E-state index in [9.17, 15) is 4.79 Å². The second-order valence-corrected chi connectivity index (χ2v) is 4.82. The minimum absolute atomic E-state index is 0.0403. The number of carbonyl (C=O) groups is 1. The molecule has 0 spiro atoms. The van der Waals surface area contributed by atoms with E-state index in [0.29, 0.717) is 12.5 Å². The fraction of sp³-hybridized carbons (Fsp3) is 0.583. The minimum Gasteiger partial charge on any atom is -0.350 e. The van der Waals surface area contributed by atoms with Crippen molar-refractivity contribution < 1.29 is 4.79 Å². The van der Waals surface area contributed by atoms with E-state index in [1.165, 1.54) is 0 Å². The normalized spacial score (nSPS) is 20.6. The van der Waals surface area contributed by atoms with Crippen LogP contribution >= 0.6 is 0 Å². The first-order valence-corrected chi connectivity index (χ1v) is 5.94. The first kappa shape index (κ1) is 11.8. The van der Waals surface area contributed by atoms with Crippen molar-refractivity contribution in [3.8, 4) is 0 Å². The maximum absolute atomic E-state index is 11.4. The average molecular weight is 234 g/mol. The number of piperazine rings is 1. The van der Waals surface area contributed by atoms with E-state index in [1.54, 1.807) is 0 Å². The highest BCUT2D eigenvalue weighted by molar-refractivity contribution is 5.82. The molecule has 1 atom stereocenters. The Balaban J connectivity index is 2.14. The molecule has 1 aromatic rings. The van der Waals surface area contributed by atoms with Crippen LogP contribution in [0.4, 0.5) is 5.82 Å². The Hall–Kier alpha value is -1.65. The lowest BCUT2D eigenvalue weighted by molar-refractivity contribution is -0.121. The van der Waals surface area contributed by atoms with Gasteiger partial charge in [0.2, 0.25) is 5.91 Å². The van der Waals surface area contributed by atoms with E-state index in [4.69, 9.17) is 0 Å². The predicted octanol–water partition coefficient (Wildman–Crippen LogP) is 0.925. The summed E-state index contributed by atoms with van der Waals surface area (Å²) in [6.07, 6.45) is 0. The Morgan fingerprint density at radius 1 is 1.41 bits per heavy atom. The highest BCUT2D eigenvalue weighted by Crippen LogP contribution is 2.15. The zero-order chi connectivity index (χ0) is 12.4. The molecule has 5 heteroatoms. The van der Waals surface area contributed by atoms with Crippen LogP contribution in [0.3, 0.4) is 0 Å². The van der Waals surface area contributed by atoms with Crippen molar-refractivity contribution >= 4 is 11.7 Å². The quantitative estimate of drug-likeness (QED) is 0.827. The smallest absolute Gasteiger partial charge is 0.239 e. The van der Waals surface area contributed by atoms with E-state index in [2.05, 4.69) is 29.4 Å². The van der Waals surface area contributed by atoms with E-state index < -0.39 is 0 Å². The molecule has 1 N–H and O–H groups in total. The Kier molecular flexibility index (Phi) is 3.26. The summed E-state index contributed by atoms with van der Waals surface area (Å²) in [7, 11) is 0. The maximum Gasteiger partial charge on any atom is 0.239 e. The highest BCUT2D eigenvalue weighted by Gasteiger charge is 2.22. The summed E-state index contributed by atoms with van der Waals surface area (Å²) >= 11 is 0. The monoisotopic (exact) mass is 234 g/mol. The van der Waals surface area contributed by atoms with Crippen LogP contribution in [-0.2, 0) is 4.79 Å². The predicted molar refractivity (Wildman–Crippen MR) is 65.9 cm³/mol. The van der Waals surface area contributed by atoms with E-state index in [-0.39, 0.29) is 11.9 Å². The van der Waals surface area contributed by atoms with Gasteiger partial charge in [0.25, 0.3) is 0 Å². The number of rotatable bonds is 2. The third-order valence-corrected chi connectivity index (χ3v) is 2.82. The van der Waals surface area contributed by atoms with Gasteiger partial charge >= 0.3 is 0 Å². The van der Waals surface area contributed by atoms with Gasteiger partial charge in [-0.05, 0) is 25.0 Å². The van der Waals surface area contributed by atoms with Crippen LogP contribution in [0.5, 0.6) is 0 Å². The van der Waals surface area contributed by atoms with Crippen molar-refractivity contribution in [3.05, 3.63) is 17.8 Å². The molecule has 0 saturated carbocycles. The fourth-order valence-corrected chi connectivity index (χ4v) is 1.92. The van der Waals surface area contributed by atoms with Gasteiger partial charge in [-0.25, -0.2) is 0 Å². The number of aromatic nitrogens is 2. The van der Waals surface area contributed by atoms with Crippen LogP contribution in [0.1, 0.15) is 32.4 Å². The third-order valence-electron chi connectivity index (χ3n) is 2.82. The Morgan fingerprint density at radius 3 is 2.71 bits per heavy atom. The topological polar surface area (TPSA) is 58.1 Å². The van der Waals surface area contributed by atoms with Crippen molar-refractivity contribution in [2.45, 2.75) is 32.7 Å². The summed E-state index contributed by atoms with van der Waals surface area (Å²) in [5, 5.41) is 11.2. The van der Waals surface area contributed by atoms with Gasteiger partial charge in [0, 0.05) is 12.6 Å². The van der Waals surface area contributed by atoms with Crippen LogP contribution in [0.25, 0.3) is 0 Å². The van der Waals surface area contributed by atoms with E-state index in [0.717, 1.165) is 18.1 Å². The maximum atomic E-state index is 11.4. The molecule has 92 valence electrons. The summed E-state index contributed by atoms with van der Waals surface area (Å²) in [5.74, 6) is 1.19. The van der Waals surface area contributed by atoms with E-state index >= 15 is 0 Å². The number of carbonyl (C=O) groups excluding carboxylic acids is 1. The van der Waals surface area contributed by atoms with Crippen LogP contribution in [-0.4, -0.2) is 35.2 Å². The molecule has 1 fully saturated rings. The lowest BCUT2D eigenvalue weighted by atomic mass is 10.1. The van der Waals surface area contributed by atoms with Crippen LogP contribution < -0.4 is 10.2 Å². The van der Waals surface area contributed by atoms with Crippen molar-refractivity contribution in [3.63, 3.8) is 0 Å². The van der Waals surface area contributed by atoms with Crippen molar-refractivity contribution in [2.75, 3.05) is 18.0 Å². The van der Waals surface area contributed by atoms with Gasteiger partial charge in [-0.2, -0.15) is 5.10 Å². The highest BCUT2D eigenvalue weighted by atomic mass is 16.2. The summed E-state index contributed by atoms with van der Waals surface area (Å²) < 4.78 is 0. The Morgan fingerprint density at radius 2 is 2.18 bits per heavy atom. The first-order valence-electron chi connectivity index (χ1n) is 5.94. The molecule has 1 saturated heterocycles. The van der Waals surface area contributed by atoms with Gasteiger partial charge in [-0.15, -0.1) is 5.10 Å². The van der Waals surface area contributed by atoms with Gasteiger partial charge in [0.15, 0.2) is 5.82 Å². The molecule has 1 aromatic heterocycles. The molecule has 2 heterocycles. The molecular weight excluding hydrogens is 216 g/mol. The van der Waals surface area contributed by atoms with Crippen LogP contribution in [0.2, 0.25) is 0 Å². The van der Waals surface area contributed by atoms with Crippen molar-refractivity contribution in [1.82, 2.24) is 15.5 Å². The summed E-state index contributed by atoms with van der Waals surface area (Å²) in [6.45, 7) is 7.29. The van der Waals surface area contributed by atoms with Crippen LogP contribution in [0.15, 0.2) is 12.1 Å². The molecule has 0 radical (unpaired) electrons. The molecule has 0 bridgehead atoms. The minimum atomic E-state index is 0.0403. The van der Waals surface area contributed by atoms with Gasteiger partial charge < -0.3 is 10.2 Å². The number of hydrogen-bond acceptors (Lipinski definition) is 4. The van der Waals surface area contributed by atoms with Crippen LogP contribution in [0, 0.1) is 0 Å². The molecule has 1 aliphatic rings. The molecular formula is C12H18N4O. The average Bonchev–Trinajstić information content (AvgIpc) is 2.28. The lowest BCUT2D eigenvalue weighted by Crippen LogP contribution is -2.53. The molecule has 5 nitrogen and oxygen atoms in total. The standard InChI is InChI=1S/C12H18N4O/c1-8(2)10-4-5-11(15-14-10)16-6-9(3)13-12(17)7-16/h4-5,8-9H,6-7H2,1-3H3,(H,13,17)/t9-/m1/s1. The molecule has 2 rings (SSSR count). The lowest BCUT2D eigenvalue weighted by Gasteiger charge is -2.31. The largest absolute Gasteiger partial charge is 0.350 e. The molecule has 17 heavy (non-hydrogen) atoms. The van der Waals surface area contributed by atoms with Crippen molar-refractivity contribution in [2.24, 2.45) is 0 Å². The van der Waals surface area contributed by atoms with Gasteiger partial charge in [-0.3, -0.25) is 4.79 Å². The van der Waals surface area contributed by atoms with Gasteiger partial charge in [0.1, 0.15) is 0 Å². The second kappa shape index (κ2) is 4.69. The summed E-state index contributed by atoms with van der Waals surface area (Å²) in [5.41, 5.74) is 0.975. The Labute approximate surface area is 101 Å².